The minimum absolute atomic E-state index is 0.0664. The van der Waals surface area contributed by atoms with Gasteiger partial charge in [-0.1, -0.05) is 18.2 Å². The van der Waals surface area contributed by atoms with E-state index in [0.717, 1.165) is 29.8 Å². The number of benzene rings is 1. The quantitative estimate of drug-likeness (QED) is 0.486. The van der Waals surface area contributed by atoms with Crippen LogP contribution in [0.25, 0.3) is 22.1 Å². The van der Waals surface area contributed by atoms with Crippen molar-refractivity contribution >= 4 is 28.0 Å². The monoisotopic (exact) mass is 463 g/mol. The molecule has 0 fully saturated rings. The van der Waals surface area contributed by atoms with Crippen LogP contribution in [0.1, 0.15) is 33.7 Å². The summed E-state index contributed by atoms with van der Waals surface area (Å²) in [6, 6.07) is 8.20. The third-order valence-electron chi connectivity index (χ3n) is 6.33. The second kappa shape index (κ2) is 8.49. The van der Waals surface area contributed by atoms with Crippen LogP contribution in [-0.2, 0) is 6.54 Å². The van der Waals surface area contributed by atoms with Crippen molar-refractivity contribution in [1.82, 2.24) is 24.6 Å². The molecule has 1 aliphatic heterocycles. The first kappa shape index (κ1) is 22.0. The van der Waals surface area contributed by atoms with E-state index in [1.54, 1.807) is 25.2 Å². The van der Waals surface area contributed by atoms with Gasteiger partial charge in [-0.25, -0.2) is 13.8 Å². The van der Waals surface area contributed by atoms with Gasteiger partial charge in [0.15, 0.2) is 11.6 Å². The fraction of sp³-hybridized carbons (Fsp3) is 0.240. The third-order valence-corrected chi connectivity index (χ3v) is 6.33. The highest BCUT2D eigenvalue weighted by atomic mass is 19.1. The van der Waals surface area contributed by atoms with Gasteiger partial charge in [0.1, 0.15) is 16.7 Å². The molecule has 4 heterocycles. The molecule has 1 amide bonds. The number of H-pyrrole nitrogens is 1. The summed E-state index contributed by atoms with van der Waals surface area (Å²) in [7, 11) is 1.57. The number of hydrogen-bond donors (Lipinski definition) is 2. The number of carbonyl (C=O) groups is 1. The number of aromatic amines is 1. The van der Waals surface area contributed by atoms with Crippen LogP contribution in [0.3, 0.4) is 0 Å². The van der Waals surface area contributed by atoms with Crippen molar-refractivity contribution in [2.45, 2.75) is 19.9 Å². The van der Waals surface area contributed by atoms with Crippen molar-refractivity contribution in [3.05, 3.63) is 87.1 Å². The van der Waals surface area contributed by atoms with E-state index in [4.69, 9.17) is 0 Å². The van der Waals surface area contributed by atoms with Crippen LogP contribution in [0, 0.1) is 18.6 Å². The Bertz CT molecular complexity index is 1540. The average molecular weight is 463 g/mol. The van der Waals surface area contributed by atoms with Crippen LogP contribution in [0.4, 0.5) is 8.78 Å². The molecule has 0 saturated heterocycles. The Labute approximate surface area is 193 Å². The lowest BCUT2D eigenvalue weighted by Gasteiger charge is -2.27. The Morgan fingerprint density at radius 2 is 2.03 bits per heavy atom. The molecular formula is C25H23F2N5O2. The van der Waals surface area contributed by atoms with Crippen LogP contribution >= 0.6 is 0 Å². The molecule has 0 atom stereocenters. The van der Waals surface area contributed by atoms with Gasteiger partial charge in [0.25, 0.3) is 11.5 Å². The molecule has 9 heteroatoms. The molecule has 5 rings (SSSR count). The maximum atomic E-state index is 15.3. The average Bonchev–Trinajstić information content (AvgIpc) is 3.23. The minimum Gasteiger partial charge on any atom is -0.354 e. The summed E-state index contributed by atoms with van der Waals surface area (Å²) in [6.07, 6.45) is 4.29. The predicted octanol–water partition coefficient (Wildman–Crippen LogP) is 3.41. The van der Waals surface area contributed by atoms with E-state index < -0.39 is 17.2 Å². The van der Waals surface area contributed by atoms with E-state index in [9.17, 15) is 14.0 Å². The molecule has 0 unspecified atom stereocenters. The summed E-state index contributed by atoms with van der Waals surface area (Å²) in [5.41, 5.74) is 3.46. The molecule has 7 nitrogen and oxygen atoms in total. The van der Waals surface area contributed by atoms with Gasteiger partial charge in [-0.2, -0.15) is 0 Å². The van der Waals surface area contributed by atoms with Crippen LogP contribution in [0.15, 0.2) is 47.4 Å². The van der Waals surface area contributed by atoms with Crippen LogP contribution in [-0.4, -0.2) is 45.3 Å². The fourth-order valence-electron chi connectivity index (χ4n) is 4.55. The lowest BCUT2D eigenvalue weighted by Crippen LogP contribution is -2.28. The number of hydrogen-bond acceptors (Lipinski definition) is 4. The van der Waals surface area contributed by atoms with Gasteiger partial charge in [-0.05, 0) is 42.7 Å². The third kappa shape index (κ3) is 3.67. The maximum absolute atomic E-state index is 15.3. The van der Waals surface area contributed by atoms with Gasteiger partial charge >= 0.3 is 0 Å². The first-order valence-corrected chi connectivity index (χ1v) is 11.0. The van der Waals surface area contributed by atoms with E-state index >= 15 is 4.39 Å². The van der Waals surface area contributed by atoms with Gasteiger partial charge in [0.05, 0.1) is 5.52 Å². The van der Waals surface area contributed by atoms with Gasteiger partial charge in [-0.3, -0.25) is 14.5 Å². The Balaban J connectivity index is 1.38. The summed E-state index contributed by atoms with van der Waals surface area (Å²) in [5.74, 6) is -1.37. The normalized spacial score (nSPS) is 14.5. The summed E-state index contributed by atoms with van der Waals surface area (Å²) in [4.78, 5) is 33.1. The molecule has 2 N–H and O–H groups in total. The number of aryl methyl sites for hydroxylation is 1. The largest absolute Gasteiger partial charge is 0.354 e. The van der Waals surface area contributed by atoms with E-state index in [0.29, 0.717) is 29.9 Å². The van der Waals surface area contributed by atoms with E-state index in [2.05, 4.69) is 26.3 Å². The molecule has 0 saturated carbocycles. The number of pyridine rings is 1. The molecule has 1 aliphatic rings. The highest BCUT2D eigenvalue weighted by Gasteiger charge is 2.19. The van der Waals surface area contributed by atoms with E-state index in [1.165, 1.54) is 16.7 Å². The molecular weight excluding hydrogens is 440 g/mol. The zero-order chi connectivity index (χ0) is 24.0. The number of nitrogens with one attached hydrogen (secondary N) is 2. The van der Waals surface area contributed by atoms with Crippen LogP contribution < -0.4 is 10.9 Å². The molecule has 0 spiro atoms. The van der Waals surface area contributed by atoms with Crippen molar-refractivity contribution in [2.75, 3.05) is 20.1 Å². The predicted molar refractivity (Wildman–Crippen MR) is 126 cm³/mol. The molecule has 34 heavy (non-hydrogen) atoms. The Morgan fingerprint density at radius 1 is 1.21 bits per heavy atom. The van der Waals surface area contributed by atoms with Crippen molar-refractivity contribution < 1.29 is 13.6 Å². The molecule has 0 aliphatic carbocycles. The number of carbonyl (C=O) groups excluding carboxylic acids is 1. The lowest BCUT2D eigenvalue weighted by atomic mass is 9.97. The number of fused-ring (bicyclic) bond motifs is 3. The summed E-state index contributed by atoms with van der Waals surface area (Å²) >= 11 is 0. The minimum atomic E-state index is -0.664. The molecule has 174 valence electrons. The summed E-state index contributed by atoms with van der Waals surface area (Å²) in [5, 5.41) is 2.57. The highest BCUT2D eigenvalue weighted by Crippen LogP contribution is 2.27. The van der Waals surface area contributed by atoms with Crippen molar-refractivity contribution in [2.24, 2.45) is 0 Å². The zero-order valence-corrected chi connectivity index (χ0v) is 18.8. The first-order chi connectivity index (χ1) is 16.4. The molecule has 1 aromatic carbocycles. The molecule has 3 aromatic heterocycles. The SMILES string of the molecule is CNC(=O)c1ccc(C2=CCN(Cc3ccc4c([nH]c(=O)c5c(F)ccn54)c3F)CC2)c(C)n1. The Hall–Kier alpha value is -3.85. The van der Waals surface area contributed by atoms with Gasteiger partial charge in [-0.15, -0.1) is 0 Å². The van der Waals surface area contributed by atoms with Crippen molar-refractivity contribution in [3.8, 4) is 0 Å². The van der Waals surface area contributed by atoms with E-state index in [-0.39, 0.29) is 16.9 Å². The fourth-order valence-corrected chi connectivity index (χ4v) is 4.55. The molecule has 4 aromatic rings. The number of aromatic nitrogens is 3. The summed E-state index contributed by atoms with van der Waals surface area (Å²) in [6.45, 7) is 3.60. The van der Waals surface area contributed by atoms with Crippen molar-refractivity contribution in [3.63, 3.8) is 0 Å². The number of nitrogens with zero attached hydrogens (tertiary/aromatic N) is 3. The van der Waals surface area contributed by atoms with Gasteiger partial charge in [0, 0.05) is 44.1 Å². The standard InChI is InChI=1S/C25H23F2N5O2/c1-14-17(4-5-19(29-14)24(33)28-2)15-7-10-31(11-8-15)13-16-3-6-20-22(21(16)27)30-25(34)23-18(26)9-12-32(20)23/h3-7,9,12H,8,10-11,13H2,1-2H3,(H,28,33)(H,30,34). The molecule has 0 bridgehead atoms. The van der Waals surface area contributed by atoms with Gasteiger partial charge < -0.3 is 14.7 Å². The van der Waals surface area contributed by atoms with Crippen molar-refractivity contribution in [1.29, 1.82) is 0 Å². The van der Waals surface area contributed by atoms with Crippen LogP contribution in [0.5, 0.6) is 0 Å². The van der Waals surface area contributed by atoms with Gasteiger partial charge in [0.2, 0.25) is 0 Å². The molecule has 0 radical (unpaired) electrons. The maximum Gasteiger partial charge on any atom is 0.275 e. The van der Waals surface area contributed by atoms with Crippen LogP contribution in [0.2, 0.25) is 0 Å². The number of amides is 1. The Morgan fingerprint density at radius 3 is 2.74 bits per heavy atom. The first-order valence-electron chi connectivity index (χ1n) is 11.0. The second-order valence-corrected chi connectivity index (χ2v) is 8.39. The zero-order valence-electron chi connectivity index (χ0n) is 18.8. The number of rotatable bonds is 4. The smallest absolute Gasteiger partial charge is 0.275 e. The summed E-state index contributed by atoms with van der Waals surface area (Å²) < 4.78 is 30.6. The lowest BCUT2D eigenvalue weighted by molar-refractivity contribution is 0.0958. The topological polar surface area (TPSA) is 82.5 Å². The Kier molecular flexibility index (Phi) is 5.49. The second-order valence-electron chi connectivity index (χ2n) is 8.39. The number of halogens is 2. The highest BCUT2D eigenvalue weighted by molar-refractivity contribution is 5.92. The van der Waals surface area contributed by atoms with E-state index in [1.807, 2.05) is 13.0 Å².